The van der Waals surface area contributed by atoms with Gasteiger partial charge in [0.1, 0.15) is 33.1 Å². The van der Waals surface area contributed by atoms with Gasteiger partial charge >= 0.3 is 0 Å². The van der Waals surface area contributed by atoms with Crippen LogP contribution in [0.4, 0.5) is 19.0 Å². The molecule has 14 heteroatoms. The Morgan fingerprint density at radius 2 is 1.24 bits per heavy atom. The molecule has 1 saturated carbocycles. The van der Waals surface area contributed by atoms with Crippen LogP contribution in [-0.4, -0.2) is 46.4 Å². The zero-order valence-corrected chi connectivity index (χ0v) is 24.5. The second-order valence-electron chi connectivity index (χ2n) is 9.82. The maximum atomic E-state index is 14.1. The molecule has 0 aliphatic heterocycles. The van der Waals surface area contributed by atoms with Gasteiger partial charge in [-0.15, -0.1) is 20.4 Å². The minimum Gasteiger partial charge on any atom is -0.497 e. The van der Waals surface area contributed by atoms with Gasteiger partial charge < -0.3 is 20.1 Å². The van der Waals surface area contributed by atoms with E-state index < -0.39 is 23.4 Å². The number of ether oxygens (including phenoxy) is 2. The minimum atomic E-state index is -0.484. The predicted octanol–water partition coefficient (Wildman–Crippen LogP) is 5.49. The van der Waals surface area contributed by atoms with Crippen LogP contribution in [0.25, 0.3) is 0 Å². The summed E-state index contributed by atoms with van der Waals surface area (Å²) >= 11 is 2.61. The number of hydrogen-bond acceptors (Lipinski definition) is 10. The first kappa shape index (κ1) is 29.5. The van der Waals surface area contributed by atoms with Gasteiger partial charge in [-0.3, -0.25) is 9.59 Å². The van der Waals surface area contributed by atoms with E-state index in [0.717, 1.165) is 35.7 Å². The predicted molar refractivity (Wildman–Crippen MR) is 154 cm³/mol. The fourth-order valence-electron chi connectivity index (χ4n) is 4.84. The van der Waals surface area contributed by atoms with Crippen LogP contribution in [0.5, 0.6) is 11.5 Å². The monoisotopic (exact) mass is 614 g/mol. The Morgan fingerprint density at radius 3 is 1.67 bits per heavy atom. The largest absolute Gasteiger partial charge is 0.497 e. The van der Waals surface area contributed by atoms with Gasteiger partial charge in [-0.2, -0.15) is 0 Å². The SMILES string of the molecule is COc1ccc(F)c(CC(=O)Nc2nnc([C@H]3CCC[C@H](c4nnc(NC(=O)Cc5cc(OC)ccc5F)s4)C3)s2)c1. The Balaban J connectivity index is 1.16. The molecule has 1 aliphatic carbocycles. The number of carbonyl (C=O) groups excluding carboxylic acids is 2. The van der Waals surface area contributed by atoms with E-state index in [1.54, 1.807) is 0 Å². The van der Waals surface area contributed by atoms with Gasteiger partial charge in [0, 0.05) is 23.0 Å². The first-order valence-electron chi connectivity index (χ1n) is 13.2. The molecule has 0 radical (unpaired) electrons. The van der Waals surface area contributed by atoms with Gasteiger partial charge in [0.2, 0.25) is 22.1 Å². The van der Waals surface area contributed by atoms with E-state index >= 15 is 0 Å². The molecule has 2 atom stereocenters. The van der Waals surface area contributed by atoms with Crippen LogP contribution in [0.3, 0.4) is 0 Å². The molecule has 0 spiro atoms. The normalized spacial score (nSPS) is 16.6. The van der Waals surface area contributed by atoms with Crippen molar-refractivity contribution in [2.75, 3.05) is 24.9 Å². The molecular formula is C28H28F2N6O4S2. The molecule has 2 aromatic heterocycles. The van der Waals surface area contributed by atoms with Gasteiger partial charge in [0.05, 0.1) is 27.1 Å². The van der Waals surface area contributed by atoms with Crippen molar-refractivity contribution in [3.8, 4) is 11.5 Å². The third-order valence-electron chi connectivity index (χ3n) is 6.95. The lowest BCUT2D eigenvalue weighted by Crippen LogP contribution is -2.15. The molecule has 42 heavy (non-hydrogen) atoms. The van der Waals surface area contributed by atoms with Gasteiger partial charge in [-0.25, -0.2) is 8.78 Å². The van der Waals surface area contributed by atoms with Crippen molar-refractivity contribution in [1.29, 1.82) is 0 Å². The summed E-state index contributed by atoms with van der Waals surface area (Å²) in [7, 11) is 2.96. The van der Waals surface area contributed by atoms with Crippen LogP contribution in [0.1, 0.15) is 58.7 Å². The first-order chi connectivity index (χ1) is 20.3. The second kappa shape index (κ2) is 13.3. The minimum absolute atomic E-state index is 0.126. The Bertz CT molecular complexity index is 1470. The number of halogens is 2. The highest BCUT2D eigenvalue weighted by atomic mass is 32.1. The van der Waals surface area contributed by atoms with Crippen molar-refractivity contribution in [3.05, 3.63) is 69.2 Å². The van der Waals surface area contributed by atoms with Crippen molar-refractivity contribution < 1.29 is 27.8 Å². The molecule has 2 N–H and O–H groups in total. The zero-order chi connectivity index (χ0) is 29.6. The standard InChI is InChI=1S/C28H28F2N6O4S2/c1-39-19-6-8-21(29)17(11-19)13-23(37)31-27-35-33-25(41-27)15-4-3-5-16(10-15)26-34-36-28(42-26)32-24(38)14-18-12-20(40-2)7-9-22(18)30/h6-9,11-12,15-16H,3-5,10,13-14H2,1-2H3,(H,31,35,37)(H,32,36,38)/t15-,16-/m0/s1. The molecule has 5 rings (SSSR count). The fourth-order valence-corrected chi connectivity index (χ4v) is 6.65. The summed E-state index contributed by atoms with van der Waals surface area (Å²) in [4.78, 5) is 25.1. The molecule has 220 valence electrons. The summed E-state index contributed by atoms with van der Waals surface area (Å²) in [6.45, 7) is 0. The number of anilines is 2. The van der Waals surface area contributed by atoms with E-state index in [4.69, 9.17) is 9.47 Å². The van der Waals surface area contributed by atoms with E-state index in [1.807, 2.05) is 0 Å². The molecule has 2 aromatic carbocycles. The van der Waals surface area contributed by atoms with Gasteiger partial charge in [0.25, 0.3) is 0 Å². The number of nitrogens with one attached hydrogen (secondary N) is 2. The van der Waals surface area contributed by atoms with Crippen LogP contribution in [-0.2, 0) is 22.4 Å². The molecule has 1 fully saturated rings. The lowest BCUT2D eigenvalue weighted by molar-refractivity contribution is -0.116. The highest BCUT2D eigenvalue weighted by Gasteiger charge is 2.29. The lowest BCUT2D eigenvalue weighted by atomic mass is 9.82. The number of methoxy groups -OCH3 is 2. The summed E-state index contributed by atoms with van der Waals surface area (Å²) in [6, 6.07) is 8.51. The van der Waals surface area contributed by atoms with Crippen LogP contribution in [0, 0.1) is 11.6 Å². The third-order valence-corrected chi connectivity index (χ3v) is 8.96. The van der Waals surface area contributed by atoms with Crippen LogP contribution in [0.2, 0.25) is 0 Å². The quantitative estimate of drug-likeness (QED) is 0.240. The molecule has 0 bridgehead atoms. The van der Waals surface area contributed by atoms with Crippen molar-refractivity contribution in [1.82, 2.24) is 20.4 Å². The summed E-state index contributed by atoms with van der Waals surface area (Å²) in [6.07, 6.45) is 3.24. The smallest absolute Gasteiger partial charge is 0.230 e. The Hall–Kier alpha value is -4.04. The number of aromatic nitrogens is 4. The zero-order valence-electron chi connectivity index (χ0n) is 22.9. The van der Waals surface area contributed by atoms with Gasteiger partial charge in [0.15, 0.2) is 0 Å². The lowest BCUT2D eigenvalue weighted by Gasteiger charge is -2.25. The van der Waals surface area contributed by atoms with Crippen molar-refractivity contribution in [2.45, 2.75) is 50.4 Å². The maximum Gasteiger partial charge on any atom is 0.230 e. The maximum absolute atomic E-state index is 14.1. The topological polar surface area (TPSA) is 128 Å². The van der Waals surface area contributed by atoms with Crippen LogP contribution in [0.15, 0.2) is 36.4 Å². The Kier molecular flexibility index (Phi) is 9.32. The van der Waals surface area contributed by atoms with Crippen LogP contribution < -0.4 is 20.1 Å². The van der Waals surface area contributed by atoms with E-state index in [-0.39, 0.29) is 35.8 Å². The molecule has 4 aromatic rings. The molecule has 2 heterocycles. The molecule has 10 nitrogen and oxygen atoms in total. The van der Waals surface area contributed by atoms with E-state index in [1.165, 1.54) is 73.3 Å². The number of rotatable bonds is 10. The number of benzene rings is 2. The number of hydrogen-bond donors (Lipinski definition) is 2. The molecule has 1 aliphatic rings. The fraction of sp³-hybridized carbons (Fsp3) is 0.357. The Morgan fingerprint density at radius 1 is 0.786 bits per heavy atom. The highest BCUT2D eigenvalue weighted by Crippen LogP contribution is 2.43. The van der Waals surface area contributed by atoms with Crippen molar-refractivity contribution >= 4 is 44.8 Å². The first-order valence-corrected chi connectivity index (χ1v) is 14.9. The molecule has 0 saturated heterocycles. The highest BCUT2D eigenvalue weighted by molar-refractivity contribution is 7.15. The number of carbonyl (C=O) groups is 2. The average Bonchev–Trinajstić information content (AvgIpc) is 3.65. The number of amides is 2. The molecule has 0 unspecified atom stereocenters. The van der Waals surface area contributed by atoms with Crippen molar-refractivity contribution in [3.63, 3.8) is 0 Å². The summed E-state index contributed by atoms with van der Waals surface area (Å²) in [5, 5.41) is 24.6. The third kappa shape index (κ3) is 7.23. The summed E-state index contributed by atoms with van der Waals surface area (Å²) < 4.78 is 38.4. The van der Waals surface area contributed by atoms with E-state index in [2.05, 4.69) is 31.0 Å². The van der Waals surface area contributed by atoms with E-state index in [0.29, 0.717) is 21.8 Å². The van der Waals surface area contributed by atoms with Crippen molar-refractivity contribution in [2.24, 2.45) is 0 Å². The van der Waals surface area contributed by atoms with Crippen LogP contribution >= 0.6 is 22.7 Å². The van der Waals surface area contributed by atoms with Gasteiger partial charge in [-0.1, -0.05) is 29.1 Å². The van der Waals surface area contributed by atoms with E-state index in [9.17, 15) is 18.4 Å². The van der Waals surface area contributed by atoms with Gasteiger partial charge in [-0.05, 0) is 55.7 Å². The summed E-state index contributed by atoms with van der Waals surface area (Å²) in [5.41, 5.74) is 0.457. The summed E-state index contributed by atoms with van der Waals surface area (Å²) in [5.74, 6) is -0.574. The number of nitrogens with zero attached hydrogens (tertiary/aromatic N) is 4. The Labute approximate surface area is 248 Å². The molecule has 2 amide bonds. The second-order valence-corrected chi connectivity index (χ2v) is 11.8. The molecular weight excluding hydrogens is 586 g/mol. The average molecular weight is 615 g/mol.